The van der Waals surface area contributed by atoms with Crippen molar-refractivity contribution in [2.75, 3.05) is 19.7 Å². The highest BCUT2D eigenvalue weighted by Crippen LogP contribution is 2.02. The Labute approximate surface area is 86.0 Å². The summed E-state index contributed by atoms with van der Waals surface area (Å²) in [4.78, 5) is 33.6. The van der Waals surface area contributed by atoms with Gasteiger partial charge in [0.1, 0.15) is 12.6 Å². The second-order valence-corrected chi connectivity index (χ2v) is 3.10. The number of ether oxygens (including phenoxy) is 1. The molecule has 7 nitrogen and oxygen atoms in total. The maximum atomic E-state index is 11.4. The van der Waals surface area contributed by atoms with E-state index in [1.54, 1.807) is 0 Å². The summed E-state index contributed by atoms with van der Waals surface area (Å²) >= 11 is 0. The van der Waals surface area contributed by atoms with Crippen molar-refractivity contribution in [3.8, 4) is 0 Å². The highest BCUT2D eigenvalue weighted by atomic mass is 16.6. The fourth-order valence-electron chi connectivity index (χ4n) is 1.04. The van der Waals surface area contributed by atoms with E-state index in [9.17, 15) is 14.4 Å². The lowest BCUT2D eigenvalue weighted by atomic mass is 10.3. The van der Waals surface area contributed by atoms with Crippen LogP contribution >= 0.6 is 0 Å². The molecule has 1 rings (SSSR count). The summed E-state index contributed by atoms with van der Waals surface area (Å²) in [5.74, 6) is -1.53. The predicted molar refractivity (Wildman–Crippen MR) is 48.2 cm³/mol. The van der Waals surface area contributed by atoms with Crippen LogP contribution in [-0.4, -0.2) is 53.7 Å². The number of amides is 2. The molecular formula is C8H12N2O5. The molecule has 84 valence electrons. The molecule has 0 aromatic rings. The van der Waals surface area contributed by atoms with Crippen molar-refractivity contribution >= 4 is 18.0 Å². The largest absolute Gasteiger partial charge is 0.480 e. The number of nitrogens with zero attached hydrogens (tertiary/aromatic N) is 1. The number of carboxylic acid groups (broad SMARTS) is 1. The van der Waals surface area contributed by atoms with Gasteiger partial charge >= 0.3 is 12.1 Å². The van der Waals surface area contributed by atoms with Crippen molar-refractivity contribution < 1.29 is 24.2 Å². The van der Waals surface area contributed by atoms with E-state index in [1.165, 1.54) is 6.92 Å². The molecule has 0 aromatic heterocycles. The normalized spacial score (nSPS) is 17.4. The van der Waals surface area contributed by atoms with Crippen LogP contribution in [0.1, 0.15) is 6.92 Å². The number of cyclic esters (lactones) is 1. The molecule has 0 radical (unpaired) electrons. The maximum Gasteiger partial charge on any atom is 0.416 e. The third-order valence-electron chi connectivity index (χ3n) is 1.99. The number of nitrogens with one attached hydrogen (secondary N) is 1. The average Bonchev–Trinajstić information content (AvgIpc) is 2.60. The molecule has 0 bridgehead atoms. The Morgan fingerprint density at radius 1 is 1.67 bits per heavy atom. The molecule has 1 aliphatic rings. The number of imide groups is 1. The van der Waals surface area contributed by atoms with Crippen LogP contribution in [0, 0.1) is 0 Å². The summed E-state index contributed by atoms with van der Waals surface area (Å²) in [5.41, 5.74) is 0. The van der Waals surface area contributed by atoms with Gasteiger partial charge in [-0.05, 0) is 6.92 Å². The number of carbonyl (C=O) groups excluding carboxylic acids is 2. The molecule has 1 aliphatic heterocycles. The van der Waals surface area contributed by atoms with Gasteiger partial charge in [0.15, 0.2) is 0 Å². The van der Waals surface area contributed by atoms with Gasteiger partial charge in [-0.2, -0.15) is 0 Å². The van der Waals surface area contributed by atoms with Crippen molar-refractivity contribution in [3.05, 3.63) is 0 Å². The third kappa shape index (κ3) is 2.91. The van der Waals surface area contributed by atoms with E-state index in [4.69, 9.17) is 5.11 Å². The van der Waals surface area contributed by atoms with Crippen LogP contribution in [-0.2, 0) is 14.3 Å². The van der Waals surface area contributed by atoms with Gasteiger partial charge in [0.05, 0.1) is 13.1 Å². The monoisotopic (exact) mass is 216 g/mol. The summed E-state index contributed by atoms with van der Waals surface area (Å²) in [6.45, 7) is 1.64. The Hall–Kier alpha value is -1.63. The van der Waals surface area contributed by atoms with Crippen LogP contribution in [0.4, 0.5) is 4.79 Å². The molecule has 15 heavy (non-hydrogen) atoms. The summed E-state index contributed by atoms with van der Waals surface area (Å²) in [7, 11) is 0. The topological polar surface area (TPSA) is 95.9 Å². The first kappa shape index (κ1) is 11.4. The number of hydrogen-bond donors (Lipinski definition) is 2. The number of carboxylic acids is 1. The summed E-state index contributed by atoms with van der Waals surface area (Å²) in [6.07, 6.45) is -0.676. The van der Waals surface area contributed by atoms with Crippen molar-refractivity contribution in [3.63, 3.8) is 0 Å². The molecule has 1 atom stereocenters. The first-order chi connectivity index (χ1) is 7.02. The zero-order valence-corrected chi connectivity index (χ0v) is 8.23. The molecular weight excluding hydrogens is 204 g/mol. The lowest BCUT2D eigenvalue weighted by molar-refractivity contribution is -0.139. The number of hydrogen-bond acceptors (Lipinski definition) is 5. The first-order valence-electron chi connectivity index (χ1n) is 4.45. The van der Waals surface area contributed by atoms with E-state index in [1.807, 2.05) is 0 Å². The molecule has 0 aromatic carbocycles. The highest BCUT2D eigenvalue weighted by Gasteiger charge is 2.28. The second-order valence-electron chi connectivity index (χ2n) is 3.10. The van der Waals surface area contributed by atoms with Gasteiger partial charge in [-0.25, -0.2) is 9.69 Å². The van der Waals surface area contributed by atoms with Crippen molar-refractivity contribution in [1.29, 1.82) is 0 Å². The molecule has 0 aliphatic carbocycles. The van der Waals surface area contributed by atoms with Gasteiger partial charge in [-0.1, -0.05) is 0 Å². The predicted octanol–water partition coefficient (Wildman–Crippen LogP) is -0.972. The molecule has 0 unspecified atom stereocenters. The van der Waals surface area contributed by atoms with Crippen LogP contribution in [0.3, 0.4) is 0 Å². The lowest BCUT2D eigenvalue weighted by Crippen LogP contribution is -2.43. The molecule has 1 fully saturated rings. The Bertz CT molecular complexity index is 291. The molecule has 2 N–H and O–H groups in total. The molecule has 7 heteroatoms. The molecule has 2 amide bonds. The van der Waals surface area contributed by atoms with Crippen molar-refractivity contribution in [1.82, 2.24) is 10.2 Å². The van der Waals surface area contributed by atoms with Gasteiger partial charge < -0.3 is 9.84 Å². The van der Waals surface area contributed by atoms with Crippen molar-refractivity contribution in [2.45, 2.75) is 13.0 Å². The molecule has 0 spiro atoms. The minimum Gasteiger partial charge on any atom is -0.480 e. The minimum atomic E-state index is -1.05. The van der Waals surface area contributed by atoms with E-state index in [-0.39, 0.29) is 19.7 Å². The van der Waals surface area contributed by atoms with Gasteiger partial charge in [-0.3, -0.25) is 14.9 Å². The Balaban J connectivity index is 2.36. The number of carbonyl (C=O) groups is 3. The Morgan fingerprint density at radius 2 is 2.33 bits per heavy atom. The molecule has 1 saturated heterocycles. The smallest absolute Gasteiger partial charge is 0.416 e. The summed E-state index contributed by atoms with van der Waals surface area (Å²) in [5, 5.41) is 11.0. The summed E-state index contributed by atoms with van der Waals surface area (Å²) in [6, 6.07) is -0.826. The van der Waals surface area contributed by atoms with E-state index in [0.717, 1.165) is 4.90 Å². The second kappa shape index (κ2) is 4.74. The molecule has 1 heterocycles. The van der Waals surface area contributed by atoms with E-state index in [2.05, 4.69) is 10.1 Å². The Kier molecular flexibility index (Phi) is 3.62. The maximum absolute atomic E-state index is 11.4. The van der Waals surface area contributed by atoms with E-state index in [0.29, 0.717) is 0 Å². The van der Waals surface area contributed by atoms with Gasteiger partial charge in [0.25, 0.3) is 0 Å². The zero-order chi connectivity index (χ0) is 11.4. The van der Waals surface area contributed by atoms with E-state index < -0.39 is 24.0 Å². The van der Waals surface area contributed by atoms with Gasteiger partial charge in [0, 0.05) is 0 Å². The SMILES string of the molecule is C[C@@H](NCC(=O)N1CCOC1=O)C(=O)O. The van der Waals surface area contributed by atoms with Crippen LogP contribution in [0.15, 0.2) is 0 Å². The standard InChI is InChI=1S/C8H12N2O5/c1-5(7(12)13)9-4-6(11)10-2-3-15-8(10)14/h5,9H,2-4H2,1H3,(H,12,13)/t5-/m1/s1. The van der Waals surface area contributed by atoms with Crippen LogP contribution in [0.2, 0.25) is 0 Å². The number of aliphatic carboxylic acids is 1. The fourth-order valence-corrected chi connectivity index (χ4v) is 1.04. The van der Waals surface area contributed by atoms with Crippen LogP contribution in [0.25, 0.3) is 0 Å². The number of rotatable bonds is 4. The van der Waals surface area contributed by atoms with Crippen LogP contribution < -0.4 is 5.32 Å². The first-order valence-corrected chi connectivity index (χ1v) is 4.45. The fraction of sp³-hybridized carbons (Fsp3) is 0.625. The van der Waals surface area contributed by atoms with Crippen molar-refractivity contribution in [2.24, 2.45) is 0 Å². The highest BCUT2D eigenvalue weighted by molar-refractivity contribution is 5.94. The third-order valence-corrected chi connectivity index (χ3v) is 1.99. The molecule has 0 saturated carbocycles. The lowest BCUT2D eigenvalue weighted by Gasteiger charge is -2.12. The van der Waals surface area contributed by atoms with Gasteiger partial charge in [-0.15, -0.1) is 0 Å². The quantitative estimate of drug-likeness (QED) is 0.627. The van der Waals surface area contributed by atoms with Gasteiger partial charge in [0.2, 0.25) is 5.91 Å². The minimum absolute atomic E-state index is 0.192. The Morgan fingerprint density at radius 3 is 2.80 bits per heavy atom. The summed E-state index contributed by atoms with van der Waals surface area (Å²) < 4.78 is 4.56. The van der Waals surface area contributed by atoms with Crippen LogP contribution in [0.5, 0.6) is 0 Å². The zero-order valence-electron chi connectivity index (χ0n) is 8.23. The average molecular weight is 216 g/mol. The van der Waals surface area contributed by atoms with E-state index >= 15 is 0 Å².